The maximum absolute atomic E-state index is 8.65. The normalized spacial score (nSPS) is 10.9. The van der Waals surface area contributed by atoms with Gasteiger partial charge in [-0.15, -0.1) is 0 Å². The van der Waals surface area contributed by atoms with Crippen molar-refractivity contribution in [1.82, 2.24) is 5.48 Å². The van der Waals surface area contributed by atoms with E-state index in [-0.39, 0.29) is 11.5 Å². The van der Waals surface area contributed by atoms with Gasteiger partial charge in [-0.2, -0.15) is 11.3 Å². The molecule has 2 aromatic rings. The molecule has 4 nitrogen and oxygen atoms in total. The number of hydrogen-bond acceptors (Lipinski definition) is 5. The van der Waals surface area contributed by atoms with E-state index in [1.54, 1.807) is 29.9 Å². The van der Waals surface area contributed by atoms with Crippen molar-refractivity contribution in [3.8, 4) is 11.5 Å². The zero-order valence-electron chi connectivity index (χ0n) is 10.1. The summed E-state index contributed by atoms with van der Waals surface area (Å²) in [5.74, 6) is 0.339. The van der Waals surface area contributed by atoms with Crippen molar-refractivity contribution in [1.29, 1.82) is 0 Å². The van der Waals surface area contributed by atoms with E-state index < -0.39 is 0 Å². The Hall–Kier alpha value is -2.40. The van der Waals surface area contributed by atoms with Crippen molar-refractivity contribution in [3.63, 3.8) is 0 Å². The molecule has 2 heterocycles. The molecule has 0 aliphatic carbocycles. The van der Waals surface area contributed by atoms with Gasteiger partial charge >= 0.3 is 0 Å². The molecule has 0 spiro atoms. The van der Waals surface area contributed by atoms with E-state index >= 15 is 0 Å². The van der Waals surface area contributed by atoms with Gasteiger partial charge in [0.05, 0.1) is 0 Å². The Kier molecular flexibility index (Phi) is 7.42. The number of nitrogens with one attached hydrogen (secondary N) is 1. The largest absolute Gasteiger partial charge is 0.508 e. The summed E-state index contributed by atoms with van der Waals surface area (Å²) in [5, 5.41) is 21.4. The van der Waals surface area contributed by atoms with Crippen molar-refractivity contribution in [3.05, 3.63) is 71.8 Å². The molecule has 0 unspecified atom stereocenters. The van der Waals surface area contributed by atoms with E-state index in [1.807, 2.05) is 29.0 Å². The number of benzene rings is 1. The smallest absolute Gasteiger partial charge is 0.119 e. The minimum absolute atomic E-state index is 0.169. The summed E-state index contributed by atoms with van der Waals surface area (Å²) in [5.41, 5.74) is 2.52. The summed E-state index contributed by atoms with van der Waals surface area (Å²) in [6.07, 6.45) is 6.93. The Morgan fingerprint density at radius 2 is 1.47 bits per heavy atom. The third-order valence-corrected chi connectivity index (χ3v) is 2.39. The van der Waals surface area contributed by atoms with Crippen molar-refractivity contribution < 1.29 is 15.1 Å². The summed E-state index contributed by atoms with van der Waals surface area (Å²) in [6, 6.07) is 9.74. The highest BCUT2D eigenvalue weighted by atomic mass is 32.1. The monoisotopic (exact) mass is 277 g/mol. The standard InChI is InChI=1S/C6H6O2.C4H5NO.C4H4S/c7-5-1-2-6(8)4-3-5;1-2-4-6-5-3-1;1-2-4-5-3-1/h1-4,7-8H;1-5H;1-4H. The molecule has 1 aromatic carbocycles. The number of hydroxylamine groups is 1. The molecule has 0 saturated carbocycles. The minimum Gasteiger partial charge on any atom is -0.508 e. The van der Waals surface area contributed by atoms with Crippen LogP contribution in [0, 0.1) is 0 Å². The summed E-state index contributed by atoms with van der Waals surface area (Å²) in [4.78, 5) is 4.55. The molecule has 0 bridgehead atoms. The fourth-order valence-electron chi connectivity index (χ4n) is 0.937. The quantitative estimate of drug-likeness (QED) is 0.646. The molecule has 1 aromatic heterocycles. The fraction of sp³-hybridized carbons (Fsp3) is 0. The van der Waals surface area contributed by atoms with Gasteiger partial charge in [0.25, 0.3) is 0 Å². The van der Waals surface area contributed by atoms with Crippen LogP contribution in [0.1, 0.15) is 0 Å². The first-order chi connectivity index (χ1) is 9.29. The van der Waals surface area contributed by atoms with Gasteiger partial charge in [0.1, 0.15) is 17.8 Å². The Bertz CT molecular complexity index is 428. The number of phenols is 2. The average molecular weight is 277 g/mol. The van der Waals surface area contributed by atoms with Gasteiger partial charge in [0, 0.05) is 6.20 Å². The van der Waals surface area contributed by atoms with Gasteiger partial charge in [-0.3, -0.25) is 0 Å². The number of rotatable bonds is 0. The highest BCUT2D eigenvalue weighted by molar-refractivity contribution is 7.07. The Balaban J connectivity index is 0.000000147. The molecular formula is C14H15NO3S. The first-order valence-corrected chi connectivity index (χ1v) is 6.41. The summed E-state index contributed by atoms with van der Waals surface area (Å²) in [7, 11) is 0. The number of phenolic OH excluding ortho intramolecular Hbond substituents is 2. The second kappa shape index (κ2) is 9.61. The van der Waals surface area contributed by atoms with Crippen LogP contribution in [0.4, 0.5) is 0 Å². The molecule has 3 N–H and O–H groups in total. The number of allylic oxidation sites excluding steroid dienone is 2. The third kappa shape index (κ3) is 8.34. The topological polar surface area (TPSA) is 61.7 Å². The van der Waals surface area contributed by atoms with Crippen LogP contribution in [-0.2, 0) is 4.84 Å². The number of thiophene rings is 1. The van der Waals surface area contributed by atoms with Gasteiger partial charge < -0.3 is 15.1 Å². The van der Waals surface area contributed by atoms with Gasteiger partial charge in [0.15, 0.2) is 0 Å². The zero-order chi connectivity index (χ0) is 13.8. The summed E-state index contributed by atoms with van der Waals surface area (Å²) in [6.45, 7) is 0. The maximum Gasteiger partial charge on any atom is 0.119 e. The highest BCUT2D eigenvalue weighted by Crippen LogP contribution is 2.13. The summed E-state index contributed by atoms with van der Waals surface area (Å²) >= 11 is 1.71. The van der Waals surface area contributed by atoms with Crippen molar-refractivity contribution in [2.45, 2.75) is 0 Å². The third-order valence-electron chi connectivity index (χ3n) is 1.77. The van der Waals surface area contributed by atoms with Gasteiger partial charge in [-0.1, -0.05) is 12.1 Å². The minimum atomic E-state index is 0.169. The maximum atomic E-state index is 8.65. The second-order valence-corrected chi connectivity index (χ2v) is 4.05. The number of hydrogen-bond donors (Lipinski definition) is 3. The van der Waals surface area contributed by atoms with Gasteiger partial charge in [-0.25, -0.2) is 5.48 Å². The Labute approximate surface area is 115 Å². The zero-order valence-corrected chi connectivity index (χ0v) is 11.0. The SMILES string of the molecule is C1=CNOC=C1.Oc1ccc(O)cc1.c1ccsc1. The Morgan fingerprint density at radius 3 is 1.68 bits per heavy atom. The Morgan fingerprint density at radius 1 is 0.895 bits per heavy atom. The molecule has 1 aliphatic heterocycles. The molecule has 0 saturated heterocycles. The van der Waals surface area contributed by atoms with Gasteiger partial charge in [0.2, 0.25) is 0 Å². The van der Waals surface area contributed by atoms with Crippen molar-refractivity contribution in [2.24, 2.45) is 0 Å². The molecule has 0 fully saturated rings. The molecule has 100 valence electrons. The van der Waals surface area contributed by atoms with E-state index in [4.69, 9.17) is 10.2 Å². The van der Waals surface area contributed by atoms with E-state index in [2.05, 4.69) is 10.3 Å². The van der Waals surface area contributed by atoms with E-state index in [9.17, 15) is 0 Å². The highest BCUT2D eigenvalue weighted by Gasteiger charge is 1.84. The average Bonchev–Trinajstić information content (AvgIpc) is 3.04. The molecule has 3 rings (SSSR count). The van der Waals surface area contributed by atoms with Crippen LogP contribution in [0.3, 0.4) is 0 Å². The molecular weight excluding hydrogens is 262 g/mol. The second-order valence-electron chi connectivity index (χ2n) is 3.23. The predicted octanol–water partition coefficient (Wildman–Crippen LogP) is 3.39. The summed E-state index contributed by atoms with van der Waals surface area (Å²) < 4.78 is 0. The molecule has 0 radical (unpaired) electrons. The fourth-order valence-corrected chi connectivity index (χ4v) is 1.39. The molecule has 0 amide bonds. The van der Waals surface area contributed by atoms with Crippen LogP contribution in [0.5, 0.6) is 11.5 Å². The lowest BCUT2D eigenvalue weighted by molar-refractivity contribution is 0.172. The van der Waals surface area contributed by atoms with Crippen LogP contribution in [-0.4, -0.2) is 10.2 Å². The van der Waals surface area contributed by atoms with E-state index in [0.29, 0.717) is 0 Å². The lowest BCUT2D eigenvalue weighted by atomic mass is 10.3. The van der Waals surface area contributed by atoms with Crippen LogP contribution >= 0.6 is 11.3 Å². The van der Waals surface area contributed by atoms with E-state index in [1.165, 1.54) is 24.3 Å². The first kappa shape index (κ1) is 14.7. The lowest BCUT2D eigenvalue weighted by Gasteiger charge is -1.97. The first-order valence-electron chi connectivity index (χ1n) is 5.47. The van der Waals surface area contributed by atoms with Gasteiger partial charge in [-0.05, 0) is 47.2 Å². The molecule has 1 aliphatic rings. The van der Waals surface area contributed by atoms with Crippen LogP contribution in [0.2, 0.25) is 0 Å². The van der Waals surface area contributed by atoms with Crippen molar-refractivity contribution >= 4 is 11.3 Å². The van der Waals surface area contributed by atoms with E-state index in [0.717, 1.165) is 0 Å². The van der Waals surface area contributed by atoms with Crippen LogP contribution in [0.25, 0.3) is 0 Å². The van der Waals surface area contributed by atoms with Crippen LogP contribution in [0.15, 0.2) is 71.8 Å². The van der Waals surface area contributed by atoms with Crippen molar-refractivity contribution in [2.75, 3.05) is 0 Å². The molecule has 19 heavy (non-hydrogen) atoms. The number of aromatic hydroxyl groups is 2. The lowest BCUT2D eigenvalue weighted by Crippen LogP contribution is -2.01. The predicted molar refractivity (Wildman–Crippen MR) is 76.6 cm³/mol. The molecule has 5 heteroatoms. The molecule has 0 atom stereocenters. The van der Waals surface area contributed by atoms with Crippen LogP contribution < -0.4 is 5.48 Å².